The first kappa shape index (κ1) is 11.8. The molecular formula is C10H13ClN2O2. The molecule has 82 valence electrons. The van der Waals surface area contributed by atoms with Gasteiger partial charge in [-0.25, -0.2) is 9.78 Å². The summed E-state index contributed by atoms with van der Waals surface area (Å²) in [5.41, 5.74) is 5.35. The van der Waals surface area contributed by atoms with Crippen molar-refractivity contribution in [3.05, 3.63) is 22.8 Å². The number of carbonyl (C=O) groups is 1. The largest absolute Gasteiger partial charge is 0.411 e. The summed E-state index contributed by atoms with van der Waals surface area (Å²) in [5, 5.41) is 0.508. The van der Waals surface area contributed by atoms with Crippen molar-refractivity contribution in [2.75, 3.05) is 0 Å². The maximum atomic E-state index is 10.7. The van der Waals surface area contributed by atoms with Crippen molar-refractivity contribution >= 4 is 17.7 Å². The second kappa shape index (κ2) is 4.06. The third-order valence-corrected chi connectivity index (χ3v) is 2.13. The summed E-state index contributed by atoms with van der Waals surface area (Å²) in [7, 11) is 0. The predicted molar refractivity (Wildman–Crippen MR) is 58.2 cm³/mol. The number of ether oxygens (including phenoxy) is 1. The van der Waals surface area contributed by atoms with Crippen LogP contribution in [0.15, 0.2) is 12.3 Å². The maximum Gasteiger partial charge on any atom is 0.411 e. The fourth-order valence-electron chi connectivity index (χ4n) is 1.27. The van der Waals surface area contributed by atoms with Gasteiger partial charge >= 0.3 is 6.09 Å². The van der Waals surface area contributed by atoms with Crippen molar-refractivity contribution in [3.8, 4) is 5.88 Å². The molecule has 0 spiro atoms. The highest BCUT2D eigenvalue weighted by Crippen LogP contribution is 2.35. The second-order valence-corrected chi connectivity index (χ2v) is 4.55. The molecule has 0 aliphatic carbocycles. The smallest absolute Gasteiger partial charge is 0.391 e. The van der Waals surface area contributed by atoms with Crippen LogP contribution < -0.4 is 10.5 Å². The highest BCUT2D eigenvalue weighted by Gasteiger charge is 2.24. The van der Waals surface area contributed by atoms with E-state index in [1.165, 1.54) is 6.20 Å². The van der Waals surface area contributed by atoms with E-state index in [0.717, 1.165) is 0 Å². The normalized spacial score (nSPS) is 11.2. The molecule has 0 bridgehead atoms. The van der Waals surface area contributed by atoms with Crippen LogP contribution in [0.25, 0.3) is 0 Å². The highest BCUT2D eigenvalue weighted by atomic mass is 35.5. The quantitative estimate of drug-likeness (QED) is 0.803. The summed E-state index contributed by atoms with van der Waals surface area (Å²) in [6.45, 7) is 5.84. The van der Waals surface area contributed by atoms with Gasteiger partial charge in [-0.1, -0.05) is 32.4 Å². The molecule has 4 nitrogen and oxygen atoms in total. The highest BCUT2D eigenvalue weighted by molar-refractivity contribution is 6.31. The summed E-state index contributed by atoms with van der Waals surface area (Å²) in [6, 6.07) is 1.65. The molecule has 0 radical (unpaired) electrons. The summed E-state index contributed by atoms with van der Waals surface area (Å²) < 4.78 is 4.80. The molecular weight excluding hydrogens is 216 g/mol. The molecule has 2 N–H and O–H groups in total. The van der Waals surface area contributed by atoms with Gasteiger partial charge in [0.25, 0.3) is 0 Å². The Hall–Kier alpha value is -1.29. The third kappa shape index (κ3) is 2.83. The number of primary amides is 1. The Morgan fingerprint density at radius 1 is 1.53 bits per heavy atom. The zero-order valence-corrected chi connectivity index (χ0v) is 9.63. The van der Waals surface area contributed by atoms with E-state index >= 15 is 0 Å². The van der Waals surface area contributed by atoms with Crippen molar-refractivity contribution in [2.45, 2.75) is 26.2 Å². The van der Waals surface area contributed by atoms with Gasteiger partial charge in [0.2, 0.25) is 5.88 Å². The number of amides is 1. The number of hydrogen-bond donors (Lipinski definition) is 1. The molecule has 0 fully saturated rings. The molecule has 1 aromatic heterocycles. The van der Waals surface area contributed by atoms with Crippen LogP contribution in [0.5, 0.6) is 5.88 Å². The molecule has 0 atom stereocenters. The Balaban J connectivity index is 3.27. The van der Waals surface area contributed by atoms with Gasteiger partial charge in [-0.2, -0.15) is 0 Å². The topological polar surface area (TPSA) is 65.2 Å². The maximum absolute atomic E-state index is 10.7. The lowest BCUT2D eigenvalue weighted by Gasteiger charge is -2.22. The molecule has 15 heavy (non-hydrogen) atoms. The lowest BCUT2D eigenvalue weighted by Crippen LogP contribution is -2.21. The average Bonchev–Trinajstić information content (AvgIpc) is 1.99. The van der Waals surface area contributed by atoms with Gasteiger partial charge in [0.1, 0.15) is 0 Å². The molecule has 0 aliphatic rings. The van der Waals surface area contributed by atoms with Gasteiger partial charge in [-0.05, 0) is 11.5 Å². The number of halogens is 1. The number of aromatic nitrogens is 1. The fraction of sp³-hybridized carbons (Fsp3) is 0.400. The lowest BCUT2D eigenvalue weighted by atomic mass is 9.88. The molecule has 0 aromatic carbocycles. The second-order valence-electron chi connectivity index (χ2n) is 4.14. The van der Waals surface area contributed by atoms with Gasteiger partial charge in [-0.3, -0.25) is 0 Å². The van der Waals surface area contributed by atoms with E-state index in [4.69, 9.17) is 22.1 Å². The van der Waals surface area contributed by atoms with Crippen LogP contribution in [-0.2, 0) is 5.41 Å². The van der Waals surface area contributed by atoms with E-state index in [1.54, 1.807) is 6.07 Å². The van der Waals surface area contributed by atoms with Gasteiger partial charge in [0.15, 0.2) is 0 Å². The molecule has 0 saturated heterocycles. The number of nitrogens with zero attached hydrogens (tertiary/aromatic N) is 1. The molecule has 1 aromatic rings. The van der Waals surface area contributed by atoms with Crippen LogP contribution in [0.2, 0.25) is 5.02 Å². The van der Waals surface area contributed by atoms with Crippen LogP contribution in [0.3, 0.4) is 0 Å². The first-order valence-electron chi connectivity index (χ1n) is 4.44. The predicted octanol–water partition coefficient (Wildman–Crippen LogP) is 2.49. The molecule has 0 unspecified atom stereocenters. The SMILES string of the molecule is CC(C)(C)c1c(Cl)ccnc1OC(N)=O. The molecule has 5 heteroatoms. The van der Waals surface area contributed by atoms with Crippen LogP contribution in [0, 0.1) is 0 Å². The minimum Gasteiger partial charge on any atom is -0.391 e. The first-order chi connectivity index (χ1) is 6.82. The van der Waals surface area contributed by atoms with E-state index in [9.17, 15) is 4.79 Å². The first-order valence-corrected chi connectivity index (χ1v) is 4.82. The molecule has 1 rings (SSSR count). The van der Waals surface area contributed by atoms with Crippen molar-refractivity contribution in [1.29, 1.82) is 0 Å². The van der Waals surface area contributed by atoms with E-state index < -0.39 is 6.09 Å². The van der Waals surface area contributed by atoms with Crippen molar-refractivity contribution in [3.63, 3.8) is 0 Å². The van der Waals surface area contributed by atoms with Gasteiger partial charge in [0.05, 0.1) is 5.02 Å². The van der Waals surface area contributed by atoms with Crippen LogP contribution in [0.1, 0.15) is 26.3 Å². The van der Waals surface area contributed by atoms with E-state index in [-0.39, 0.29) is 11.3 Å². The fourth-order valence-corrected chi connectivity index (χ4v) is 1.69. The van der Waals surface area contributed by atoms with E-state index in [0.29, 0.717) is 10.6 Å². The zero-order valence-electron chi connectivity index (χ0n) is 8.87. The molecule has 1 amide bonds. The van der Waals surface area contributed by atoms with Crippen molar-refractivity contribution in [2.24, 2.45) is 5.73 Å². The van der Waals surface area contributed by atoms with Gasteiger partial charge in [-0.15, -0.1) is 0 Å². The molecule has 1 heterocycles. The minimum absolute atomic E-state index is 0.169. The molecule has 0 saturated carbocycles. The summed E-state index contributed by atoms with van der Waals surface area (Å²) in [5.74, 6) is 0.169. The number of rotatable bonds is 1. The van der Waals surface area contributed by atoms with E-state index in [1.807, 2.05) is 20.8 Å². The Kier molecular flexibility index (Phi) is 3.19. The van der Waals surface area contributed by atoms with E-state index in [2.05, 4.69) is 4.98 Å². The Morgan fingerprint density at radius 3 is 2.60 bits per heavy atom. The lowest BCUT2D eigenvalue weighted by molar-refractivity contribution is 0.208. The molecule has 0 aliphatic heterocycles. The zero-order chi connectivity index (χ0) is 11.6. The average molecular weight is 229 g/mol. The number of pyridine rings is 1. The standard InChI is InChI=1S/C10H13ClN2O2/c1-10(2,3)7-6(11)4-5-13-8(7)15-9(12)14/h4-5H,1-3H3,(H2,12,14). The van der Waals surface area contributed by atoms with Crippen LogP contribution in [-0.4, -0.2) is 11.1 Å². The number of carbonyl (C=O) groups excluding carboxylic acids is 1. The monoisotopic (exact) mass is 228 g/mol. The van der Waals surface area contributed by atoms with Crippen molar-refractivity contribution in [1.82, 2.24) is 4.98 Å². The number of nitrogens with two attached hydrogens (primary N) is 1. The summed E-state index contributed by atoms with van der Waals surface area (Å²) >= 11 is 6.03. The van der Waals surface area contributed by atoms with Gasteiger partial charge < -0.3 is 10.5 Å². The Morgan fingerprint density at radius 2 is 2.13 bits per heavy atom. The number of hydrogen-bond acceptors (Lipinski definition) is 3. The third-order valence-electron chi connectivity index (χ3n) is 1.81. The Labute approximate surface area is 93.4 Å². The Bertz CT molecular complexity index is 385. The summed E-state index contributed by atoms with van der Waals surface area (Å²) in [6.07, 6.45) is 0.575. The minimum atomic E-state index is -0.893. The van der Waals surface area contributed by atoms with Crippen LogP contribution in [0.4, 0.5) is 4.79 Å². The van der Waals surface area contributed by atoms with Gasteiger partial charge in [0, 0.05) is 11.8 Å². The van der Waals surface area contributed by atoms with Crippen molar-refractivity contribution < 1.29 is 9.53 Å². The summed E-state index contributed by atoms with van der Waals surface area (Å²) in [4.78, 5) is 14.6. The van der Waals surface area contributed by atoms with Crippen LogP contribution >= 0.6 is 11.6 Å².